The van der Waals surface area contributed by atoms with Gasteiger partial charge in [0.15, 0.2) is 0 Å². The summed E-state index contributed by atoms with van der Waals surface area (Å²) in [7, 11) is 1.47. The van der Waals surface area contributed by atoms with Gasteiger partial charge in [-0.05, 0) is 29.3 Å². The molecule has 8 heteroatoms. The summed E-state index contributed by atoms with van der Waals surface area (Å²) in [5, 5.41) is 14.5. The first-order chi connectivity index (χ1) is 13.8. The number of amides is 2. The molecule has 0 unspecified atom stereocenters. The van der Waals surface area contributed by atoms with Crippen molar-refractivity contribution < 1.29 is 28.6 Å². The lowest BCUT2D eigenvalue weighted by atomic mass is 10.0. The molecule has 0 aliphatic rings. The third-order valence-corrected chi connectivity index (χ3v) is 4.28. The van der Waals surface area contributed by atoms with Gasteiger partial charge < -0.3 is 20.5 Å². The van der Waals surface area contributed by atoms with Gasteiger partial charge in [-0.2, -0.15) is 0 Å². The highest BCUT2D eigenvalue weighted by atomic mass is 19.1. The smallest absolute Gasteiger partial charge is 0.326 e. The van der Waals surface area contributed by atoms with Gasteiger partial charge in [0.1, 0.15) is 23.7 Å². The Hall–Kier alpha value is -3.42. The number of carbonyl (C=O) groups is 3. The number of ether oxygens (including phenoxy) is 1. The predicted molar refractivity (Wildman–Crippen MR) is 104 cm³/mol. The van der Waals surface area contributed by atoms with Gasteiger partial charge >= 0.3 is 5.97 Å². The van der Waals surface area contributed by atoms with Crippen LogP contribution in [0.25, 0.3) is 0 Å². The van der Waals surface area contributed by atoms with E-state index < -0.39 is 35.7 Å². The zero-order chi connectivity index (χ0) is 21.4. The zero-order valence-corrected chi connectivity index (χ0v) is 16.1. The summed E-state index contributed by atoms with van der Waals surface area (Å²) in [6.07, 6.45) is 0.0983. The lowest BCUT2D eigenvalue weighted by Gasteiger charge is -2.21. The number of rotatable bonds is 9. The number of carbonyl (C=O) groups excluding carboxylic acids is 2. The maximum Gasteiger partial charge on any atom is 0.326 e. The van der Waals surface area contributed by atoms with Crippen LogP contribution in [-0.4, -0.2) is 42.1 Å². The molecule has 2 amide bonds. The van der Waals surface area contributed by atoms with Crippen molar-refractivity contribution in [1.82, 2.24) is 10.6 Å². The molecule has 0 aromatic heterocycles. The molecule has 2 aromatic carbocycles. The second-order valence-corrected chi connectivity index (χ2v) is 6.50. The van der Waals surface area contributed by atoms with E-state index in [1.165, 1.54) is 38.3 Å². The Labute approximate surface area is 167 Å². The highest BCUT2D eigenvalue weighted by molar-refractivity contribution is 5.90. The van der Waals surface area contributed by atoms with Crippen LogP contribution in [0.5, 0.6) is 5.75 Å². The number of hydrogen-bond donors (Lipinski definition) is 3. The van der Waals surface area contributed by atoms with Crippen LogP contribution >= 0.6 is 0 Å². The lowest BCUT2D eigenvalue weighted by molar-refractivity contribution is -0.142. The van der Waals surface area contributed by atoms with Crippen molar-refractivity contribution in [1.29, 1.82) is 0 Å². The molecular formula is C21H23FN2O5. The van der Waals surface area contributed by atoms with Gasteiger partial charge in [0.05, 0.1) is 7.11 Å². The number of methoxy groups -OCH3 is 1. The van der Waals surface area contributed by atoms with Crippen molar-refractivity contribution in [3.05, 3.63) is 65.5 Å². The van der Waals surface area contributed by atoms with Crippen LogP contribution < -0.4 is 15.4 Å². The number of nitrogens with one attached hydrogen (secondary N) is 2. The highest BCUT2D eigenvalue weighted by Crippen LogP contribution is 2.19. The normalized spacial score (nSPS) is 12.5. The zero-order valence-electron chi connectivity index (χ0n) is 16.1. The standard InChI is InChI=1S/C21H23FN2O5/c1-13(25)23-17(11-14-7-9-16(22)10-8-14)20(26)24-18(21(27)28)12-15-5-3-4-6-19(15)29-2/h3-10,17-18H,11-12H2,1-2H3,(H,23,25)(H,24,26)(H,27,28)/t17-,18-/m0/s1. The number of carboxylic acids is 1. The quantitative estimate of drug-likeness (QED) is 0.592. The Morgan fingerprint density at radius 1 is 1.00 bits per heavy atom. The minimum Gasteiger partial charge on any atom is -0.496 e. The van der Waals surface area contributed by atoms with Crippen molar-refractivity contribution >= 4 is 17.8 Å². The summed E-state index contributed by atoms with van der Waals surface area (Å²) in [5.41, 5.74) is 1.24. The summed E-state index contributed by atoms with van der Waals surface area (Å²) < 4.78 is 18.3. The Bertz CT molecular complexity index is 870. The van der Waals surface area contributed by atoms with Crippen LogP contribution in [0.2, 0.25) is 0 Å². The van der Waals surface area contributed by atoms with Crippen LogP contribution in [0.15, 0.2) is 48.5 Å². The number of halogens is 1. The first-order valence-corrected chi connectivity index (χ1v) is 8.96. The van der Waals surface area contributed by atoms with E-state index in [2.05, 4.69) is 10.6 Å². The first-order valence-electron chi connectivity index (χ1n) is 8.96. The molecule has 0 fully saturated rings. The number of benzene rings is 2. The molecular weight excluding hydrogens is 379 g/mol. The fraction of sp³-hybridized carbons (Fsp3) is 0.286. The van der Waals surface area contributed by atoms with Gasteiger partial charge in [-0.15, -0.1) is 0 Å². The van der Waals surface area contributed by atoms with E-state index >= 15 is 0 Å². The van der Waals surface area contributed by atoms with E-state index in [-0.39, 0.29) is 12.8 Å². The average molecular weight is 402 g/mol. The Kier molecular flexibility index (Phi) is 7.70. The fourth-order valence-corrected chi connectivity index (χ4v) is 2.87. The average Bonchev–Trinajstić information content (AvgIpc) is 2.68. The molecule has 0 bridgehead atoms. The van der Waals surface area contributed by atoms with E-state index in [0.717, 1.165) is 0 Å². The summed E-state index contributed by atoms with van der Waals surface area (Å²) in [5.74, 6) is -2.21. The SMILES string of the molecule is COc1ccccc1C[C@H](NC(=O)[C@H](Cc1ccc(F)cc1)NC(C)=O)C(=O)O. The molecule has 0 spiro atoms. The van der Waals surface area contributed by atoms with Crippen LogP contribution in [0.3, 0.4) is 0 Å². The Morgan fingerprint density at radius 2 is 1.66 bits per heavy atom. The topological polar surface area (TPSA) is 105 Å². The molecule has 154 valence electrons. The minimum absolute atomic E-state index is 0.00836. The maximum absolute atomic E-state index is 13.1. The van der Waals surface area contributed by atoms with E-state index in [9.17, 15) is 23.9 Å². The first kappa shape index (κ1) is 21.9. The van der Waals surface area contributed by atoms with E-state index in [4.69, 9.17) is 4.74 Å². The van der Waals surface area contributed by atoms with Crippen LogP contribution in [0.1, 0.15) is 18.1 Å². The Morgan fingerprint density at radius 3 is 2.24 bits per heavy atom. The monoisotopic (exact) mass is 402 g/mol. The number of para-hydroxylation sites is 1. The molecule has 7 nitrogen and oxygen atoms in total. The molecule has 0 aliphatic heterocycles. The molecule has 2 aromatic rings. The molecule has 0 saturated carbocycles. The molecule has 2 atom stereocenters. The van der Waals surface area contributed by atoms with Gasteiger partial charge in [-0.1, -0.05) is 30.3 Å². The third kappa shape index (κ3) is 6.60. The minimum atomic E-state index is -1.22. The maximum atomic E-state index is 13.1. The van der Waals surface area contributed by atoms with Crippen molar-refractivity contribution in [3.8, 4) is 5.75 Å². The third-order valence-electron chi connectivity index (χ3n) is 4.28. The molecule has 2 rings (SSSR count). The second kappa shape index (κ2) is 10.2. The van der Waals surface area contributed by atoms with Crippen LogP contribution in [-0.2, 0) is 27.2 Å². The number of aliphatic carboxylic acids is 1. The molecule has 0 radical (unpaired) electrons. The van der Waals surface area contributed by atoms with E-state index in [1.54, 1.807) is 24.3 Å². The fourth-order valence-electron chi connectivity index (χ4n) is 2.87. The summed E-state index contributed by atoms with van der Waals surface area (Å²) in [4.78, 5) is 35.9. The summed E-state index contributed by atoms with van der Waals surface area (Å²) in [6.45, 7) is 1.26. The predicted octanol–water partition coefficient (Wildman–Crippen LogP) is 1.69. The van der Waals surface area contributed by atoms with Crippen molar-refractivity contribution in [2.24, 2.45) is 0 Å². The molecule has 0 aliphatic carbocycles. The van der Waals surface area contributed by atoms with Crippen molar-refractivity contribution in [2.45, 2.75) is 31.8 Å². The van der Waals surface area contributed by atoms with Gasteiger partial charge in [0, 0.05) is 19.8 Å². The van der Waals surface area contributed by atoms with E-state index in [1.807, 2.05) is 0 Å². The molecule has 29 heavy (non-hydrogen) atoms. The highest BCUT2D eigenvalue weighted by Gasteiger charge is 2.27. The van der Waals surface area contributed by atoms with Crippen LogP contribution in [0.4, 0.5) is 4.39 Å². The lowest BCUT2D eigenvalue weighted by Crippen LogP contribution is -2.52. The van der Waals surface area contributed by atoms with Crippen molar-refractivity contribution in [2.75, 3.05) is 7.11 Å². The van der Waals surface area contributed by atoms with Crippen molar-refractivity contribution in [3.63, 3.8) is 0 Å². The van der Waals surface area contributed by atoms with Crippen LogP contribution in [0, 0.1) is 5.82 Å². The van der Waals surface area contributed by atoms with Gasteiger partial charge in [0.25, 0.3) is 0 Å². The summed E-state index contributed by atoms with van der Waals surface area (Å²) in [6, 6.07) is 10.2. The number of hydrogen-bond acceptors (Lipinski definition) is 4. The summed E-state index contributed by atoms with van der Waals surface area (Å²) >= 11 is 0. The second-order valence-electron chi connectivity index (χ2n) is 6.50. The van der Waals surface area contributed by atoms with Gasteiger partial charge in [-0.3, -0.25) is 9.59 Å². The number of carboxylic acid groups (broad SMARTS) is 1. The van der Waals surface area contributed by atoms with Gasteiger partial charge in [-0.25, -0.2) is 9.18 Å². The Balaban J connectivity index is 2.16. The van der Waals surface area contributed by atoms with E-state index in [0.29, 0.717) is 16.9 Å². The molecule has 0 saturated heterocycles. The molecule has 3 N–H and O–H groups in total. The van der Waals surface area contributed by atoms with Gasteiger partial charge in [0.2, 0.25) is 11.8 Å². The molecule has 0 heterocycles. The largest absolute Gasteiger partial charge is 0.496 e.